The van der Waals surface area contributed by atoms with Gasteiger partial charge in [0.1, 0.15) is 17.1 Å². The van der Waals surface area contributed by atoms with E-state index >= 15 is 0 Å². The van der Waals surface area contributed by atoms with Crippen LogP contribution < -0.4 is 10.6 Å². The third-order valence-corrected chi connectivity index (χ3v) is 4.03. The summed E-state index contributed by atoms with van der Waals surface area (Å²) in [7, 11) is 0. The van der Waals surface area contributed by atoms with Crippen LogP contribution in [0, 0.1) is 5.92 Å². The van der Waals surface area contributed by atoms with Crippen molar-refractivity contribution >= 4 is 5.95 Å². The van der Waals surface area contributed by atoms with Crippen molar-refractivity contribution in [1.82, 2.24) is 15.2 Å². The fourth-order valence-electron chi connectivity index (χ4n) is 2.56. The molecule has 112 valence electrons. The van der Waals surface area contributed by atoms with E-state index in [1.165, 1.54) is 12.1 Å². The standard InChI is InChI=1S/C14H19N5O2/c1-8-5-6-19(7-9(8)15)14-16-13(17-18-14)12-10(20)3-2-4-11(12)21/h2-4,8-9,20-21H,5-7,15H2,1H3,(H,16,17,18). The van der Waals surface area contributed by atoms with Crippen LogP contribution in [-0.4, -0.2) is 44.5 Å². The number of benzene rings is 1. The third-order valence-electron chi connectivity index (χ3n) is 4.03. The van der Waals surface area contributed by atoms with Gasteiger partial charge in [-0.25, -0.2) is 0 Å². The molecule has 0 amide bonds. The number of hydrogen-bond acceptors (Lipinski definition) is 6. The van der Waals surface area contributed by atoms with Gasteiger partial charge in [0, 0.05) is 19.1 Å². The Balaban J connectivity index is 1.87. The van der Waals surface area contributed by atoms with Gasteiger partial charge in [-0.05, 0) is 24.5 Å². The van der Waals surface area contributed by atoms with Gasteiger partial charge in [-0.2, -0.15) is 4.98 Å². The van der Waals surface area contributed by atoms with Gasteiger partial charge in [0.25, 0.3) is 0 Å². The Labute approximate surface area is 122 Å². The van der Waals surface area contributed by atoms with E-state index < -0.39 is 0 Å². The minimum absolute atomic E-state index is 0.0401. The van der Waals surface area contributed by atoms with Gasteiger partial charge >= 0.3 is 0 Å². The number of nitrogens with one attached hydrogen (secondary N) is 1. The number of aromatic nitrogens is 3. The maximum Gasteiger partial charge on any atom is 0.245 e. The van der Waals surface area contributed by atoms with Crippen molar-refractivity contribution in [1.29, 1.82) is 0 Å². The normalized spacial score (nSPS) is 22.5. The van der Waals surface area contributed by atoms with Gasteiger partial charge in [-0.3, -0.25) is 5.10 Å². The summed E-state index contributed by atoms with van der Waals surface area (Å²) < 4.78 is 0. The van der Waals surface area contributed by atoms with Crippen LogP contribution in [0.5, 0.6) is 11.5 Å². The second kappa shape index (κ2) is 5.25. The van der Waals surface area contributed by atoms with E-state index in [0.717, 1.165) is 13.0 Å². The number of rotatable bonds is 2. The molecule has 0 bridgehead atoms. The predicted octanol–water partition coefficient (Wildman–Crippen LogP) is 1.06. The number of piperidine rings is 1. The Morgan fingerprint density at radius 1 is 1.33 bits per heavy atom. The molecule has 1 fully saturated rings. The predicted molar refractivity (Wildman–Crippen MR) is 79.1 cm³/mol. The van der Waals surface area contributed by atoms with Gasteiger partial charge in [-0.15, -0.1) is 5.10 Å². The number of phenolic OH excluding ortho intramolecular Hbond substituents is 2. The monoisotopic (exact) mass is 289 g/mol. The first-order valence-electron chi connectivity index (χ1n) is 7.00. The summed E-state index contributed by atoms with van der Waals surface area (Å²) in [6.45, 7) is 3.69. The lowest BCUT2D eigenvalue weighted by atomic mass is 9.95. The molecular formula is C14H19N5O2. The number of nitrogens with two attached hydrogens (primary N) is 1. The smallest absolute Gasteiger partial charge is 0.245 e. The number of aromatic hydroxyl groups is 2. The highest BCUT2D eigenvalue weighted by Gasteiger charge is 2.26. The first kappa shape index (κ1) is 13.7. The molecule has 1 aromatic heterocycles. The number of anilines is 1. The van der Waals surface area contributed by atoms with Crippen LogP contribution >= 0.6 is 0 Å². The fraction of sp³-hybridized carbons (Fsp3) is 0.429. The Bertz CT molecular complexity index is 622. The van der Waals surface area contributed by atoms with E-state index in [0.29, 0.717) is 24.2 Å². The number of hydrogen-bond donors (Lipinski definition) is 4. The molecule has 21 heavy (non-hydrogen) atoms. The molecule has 0 aliphatic carbocycles. The van der Waals surface area contributed by atoms with E-state index in [1.54, 1.807) is 6.07 Å². The van der Waals surface area contributed by atoms with Crippen molar-refractivity contribution in [3.63, 3.8) is 0 Å². The average molecular weight is 289 g/mol. The molecule has 0 saturated carbocycles. The van der Waals surface area contributed by atoms with Gasteiger partial charge in [0.05, 0.1) is 0 Å². The van der Waals surface area contributed by atoms with Crippen LogP contribution in [0.4, 0.5) is 5.95 Å². The molecule has 7 heteroatoms. The van der Waals surface area contributed by atoms with Crippen molar-refractivity contribution in [2.45, 2.75) is 19.4 Å². The molecule has 1 aliphatic rings. The SMILES string of the molecule is CC1CCN(c2n[nH]c(-c3c(O)cccc3O)n2)CC1N. The highest BCUT2D eigenvalue weighted by Crippen LogP contribution is 2.35. The maximum absolute atomic E-state index is 9.86. The van der Waals surface area contributed by atoms with Crippen LogP contribution in [-0.2, 0) is 0 Å². The molecule has 0 radical (unpaired) electrons. The molecule has 2 atom stereocenters. The summed E-state index contributed by atoms with van der Waals surface area (Å²) >= 11 is 0. The van der Waals surface area contributed by atoms with Gasteiger partial charge < -0.3 is 20.8 Å². The molecule has 0 spiro atoms. The van der Waals surface area contributed by atoms with Crippen molar-refractivity contribution in [3.8, 4) is 22.9 Å². The summed E-state index contributed by atoms with van der Waals surface area (Å²) in [5.41, 5.74) is 6.34. The van der Waals surface area contributed by atoms with E-state index in [1.807, 2.05) is 4.90 Å². The van der Waals surface area contributed by atoms with Crippen molar-refractivity contribution in [2.24, 2.45) is 11.7 Å². The molecule has 2 heterocycles. The number of aromatic amines is 1. The summed E-state index contributed by atoms with van der Waals surface area (Å²) in [4.78, 5) is 6.38. The second-order valence-corrected chi connectivity index (χ2v) is 5.53. The number of H-pyrrole nitrogens is 1. The molecule has 7 nitrogen and oxygen atoms in total. The highest BCUT2D eigenvalue weighted by atomic mass is 16.3. The quantitative estimate of drug-likeness (QED) is 0.657. The minimum Gasteiger partial charge on any atom is -0.507 e. The Morgan fingerprint density at radius 3 is 2.71 bits per heavy atom. The zero-order valence-electron chi connectivity index (χ0n) is 11.8. The van der Waals surface area contributed by atoms with E-state index in [2.05, 4.69) is 22.1 Å². The average Bonchev–Trinajstić information content (AvgIpc) is 2.91. The lowest BCUT2D eigenvalue weighted by Gasteiger charge is -2.34. The molecule has 5 N–H and O–H groups in total. The molecule has 1 saturated heterocycles. The lowest BCUT2D eigenvalue weighted by Crippen LogP contribution is -2.48. The van der Waals surface area contributed by atoms with Crippen molar-refractivity contribution in [3.05, 3.63) is 18.2 Å². The summed E-state index contributed by atoms with van der Waals surface area (Å²) in [6, 6.07) is 4.65. The molecule has 3 rings (SSSR count). The van der Waals surface area contributed by atoms with E-state index in [9.17, 15) is 10.2 Å². The number of nitrogens with zero attached hydrogens (tertiary/aromatic N) is 3. The highest BCUT2D eigenvalue weighted by molar-refractivity contribution is 5.71. The largest absolute Gasteiger partial charge is 0.507 e. The second-order valence-electron chi connectivity index (χ2n) is 5.53. The van der Waals surface area contributed by atoms with Crippen LogP contribution in [0.2, 0.25) is 0 Å². The molecule has 1 aromatic carbocycles. The van der Waals surface area contributed by atoms with Crippen LogP contribution in [0.15, 0.2) is 18.2 Å². The third kappa shape index (κ3) is 2.52. The van der Waals surface area contributed by atoms with Gasteiger partial charge in [-0.1, -0.05) is 13.0 Å². The molecule has 2 unspecified atom stereocenters. The Morgan fingerprint density at radius 2 is 2.05 bits per heavy atom. The van der Waals surface area contributed by atoms with Gasteiger partial charge in [0.2, 0.25) is 5.95 Å². The van der Waals surface area contributed by atoms with Crippen LogP contribution in [0.25, 0.3) is 11.4 Å². The summed E-state index contributed by atoms with van der Waals surface area (Å²) in [5.74, 6) is 1.29. The molecular weight excluding hydrogens is 270 g/mol. The first-order chi connectivity index (χ1) is 10.1. The molecule has 1 aliphatic heterocycles. The van der Waals surface area contributed by atoms with E-state index in [4.69, 9.17) is 5.73 Å². The zero-order chi connectivity index (χ0) is 15.0. The maximum atomic E-state index is 9.86. The van der Waals surface area contributed by atoms with Crippen LogP contribution in [0.1, 0.15) is 13.3 Å². The van der Waals surface area contributed by atoms with Crippen molar-refractivity contribution in [2.75, 3.05) is 18.0 Å². The fourth-order valence-corrected chi connectivity index (χ4v) is 2.56. The first-order valence-corrected chi connectivity index (χ1v) is 7.00. The minimum atomic E-state index is -0.0401. The topological polar surface area (TPSA) is 111 Å². The van der Waals surface area contributed by atoms with Crippen LogP contribution in [0.3, 0.4) is 0 Å². The Kier molecular flexibility index (Phi) is 3.42. The van der Waals surface area contributed by atoms with Gasteiger partial charge in [0.15, 0.2) is 5.82 Å². The number of phenols is 2. The molecule has 2 aromatic rings. The summed E-state index contributed by atoms with van der Waals surface area (Å²) in [5, 5.41) is 26.7. The lowest BCUT2D eigenvalue weighted by molar-refractivity contribution is 0.376. The Hall–Kier alpha value is -2.28. The summed E-state index contributed by atoms with van der Waals surface area (Å²) in [6.07, 6.45) is 0.993. The zero-order valence-corrected chi connectivity index (χ0v) is 11.8. The van der Waals surface area contributed by atoms with E-state index in [-0.39, 0.29) is 23.1 Å². The van der Waals surface area contributed by atoms with Crippen molar-refractivity contribution < 1.29 is 10.2 Å².